The van der Waals surface area contributed by atoms with Crippen LogP contribution in [0.4, 0.5) is 5.82 Å². The number of carbonyl (C=O) groups excluding carboxylic acids is 1. The van der Waals surface area contributed by atoms with Gasteiger partial charge in [0, 0.05) is 24.8 Å². The predicted octanol–water partition coefficient (Wildman–Crippen LogP) is 1.97. The van der Waals surface area contributed by atoms with Crippen LogP contribution in [0.1, 0.15) is 37.6 Å². The molecule has 5 heteroatoms. The van der Waals surface area contributed by atoms with E-state index in [9.17, 15) is 4.79 Å². The van der Waals surface area contributed by atoms with Crippen LogP contribution in [0.2, 0.25) is 0 Å². The Morgan fingerprint density at radius 3 is 2.55 bits per heavy atom. The quantitative estimate of drug-likeness (QED) is 0.800. The monoisotopic (exact) mass is 278 g/mol. The molecule has 1 aromatic rings. The summed E-state index contributed by atoms with van der Waals surface area (Å²) in [5.41, 5.74) is 0.507. The van der Waals surface area contributed by atoms with E-state index in [0.717, 1.165) is 18.8 Å². The number of hydrogen-bond donors (Lipinski definition) is 2. The van der Waals surface area contributed by atoms with Crippen molar-refractivity contribution in [2.24, 2.45) is 0 Å². The van der Waals surface area contributed by atoms with Crippen molar-refractivity contribution in [3.8, 4) is 0 Å². The minimum Gasteiger partial charge on any atom is -0.370 e. The molecule has 1 amide bonds. The fourth-order valence-electron chi connectivity index (χ4n) is 1.44. The maximum atomic E-state index is 12.0. The van der Waals surface area contributed by atoms with Gasteiger partial charge < -0.3 is 15.5 Å². The highest BCUT2D eigenvalue weighted by molar-refractivity contribution is 5.94. The van der Waals surface area contributed by atoms with Crippen LogP contribution >= 0.6 is 0 Å². The van der Waals surface area contributed by atoms with E-state index in [-0.39, 0.29) is 11.4 Å². The van der Waals surface area contributed by atoms with E-state index in [1.54, 1.807) is 12.3 Å². The highest BCUT2D eigenvalue weighted by Crippen LogP contribution is 2.09. The molecular weight excluding hydrogens is 252 g/mol. The number of amides is 1. The fourth-order valence-corrected chi connectivity index (χ4v) is 1.44. The average Bonchev–Trinajstić information content (AvgIpc) is 2.43. The number of likely N-dealkylation sites (N-methyl/N-ethyl adjacent to an activating group) is 1. The fraction of sp³-hybridized carbons (Fsp3) is 0.600. The van der Waals surface area contributed by atoms with E-state index >= 15 is 0 Å². The van der Waals surface area contributed by atoms with E-state index < -0.39 is 0 Å². The van der Waals surface area contributed by atoms with Gasteiger partial charge in [-0.3, -0.25) is 4.79 Å². The first-order valence-corrected chi connectivity index (χ1v) is 7.02. The molecule has 0 unspecified atom stereocenters. The molecule has 5 nitrogen and oxygen atoms in total. The van der Waals surface area contributed by atoms with E-state index in [0.29, 0.717) is 12.1 Å². The molecule has 0 atom stereocenters. The number of nitrogens with zero attached hydrogens (tertiary/aromatic N) is 2. The molecule has 0 aliphatic carbocycles. The van der Waals surface area contributed by atoms with Gasteiger partial charge in [-0.15, -0.1) is 0 Å². The van der Waals surface area contributed by atoms with Gasteiger partial charge >= 0.3 is 0 Å². The first kappa shape index (κ1) is 16.4. The minimum atomic E-state index is -0.0885. The smallest absolute Gasteiger partial charge is 0.252 e. The zero-order valence-corrected chi connectivity index (χ0v) is 13.2. The molecule has 0 bridgehead atoms. The standard InChI is InChI=1S/C15H26N4O/c1-6-9-16-13-8-7-12(10-17-13)14(20)18-11-15(2,3)19(4)5/h7-8,10H,6,9,11H2,1-5H3,(H,16,17)(H,18,20). The lowest BCUT2D eigenvalue weighted by Crippen LogP contribution is -2.48. The average molecular weight is 278 g/mol. The summed E-state index contributed by atoms with van der Waals surface area (Å²) in [6.45, 7) is 7.75. The number of pyridine rings is 1. The van der Waals surface area contributed by atoms with Crippen LogP contribution in [0.15, 0.2) is 18.3 Å². The van der Waals surface area contributed by atoms with Crippen molar-refractivity contribution in [3.05, 3.63) is 23.9 Å². The van der Waals surface area contributed by atoms with Gasteiger partial charge in [-0.2, -0.15) is 0 Å². The van der Waals surface area contributed by atoms with Crippen LogP contribution < -0.4 is 10.6 Å². The van der Waals surface area contributed by atoms with Gasteiger partial charge in [0.25, 0.3) is 5.91 Å². The lowest BCUT2D eigenvalue weighted by molar-refractivity contribution is 0.0919. The van der Waals surface area contributed by atoms with E-state index in [1.165, 1.54) is 0 Å². The SMILES string of the molecule is CCCNc1ccc(C(=O)NCC(C)(C)N(C)C)cn1. The second-order valence-corrected chi connectivity index (χ2v) is 5.75. The van der Waals surface area contributed by atoms with Crippen LogP contribution in [0.5, 0.6) is 0 Å². The summed E-state index contributed by atoms with van der Waals surface area (Å²) in [7, 11) is 4.00. The summed E-state index contributed by atoms with van der Waals surface area (Å²) < 4.78 is 0. The van der Waals surface area contributed by atoms with Gasteiger partial charge in [0.05, 0.1) is 5.56 Å². The van der Waals surface area contributed by atoms with Gasteiger partial charge in [-0.25, -0.2) is 4.98 Å². The Hall–Kier alpha value is -1.62. The summed E-state index contributed by atoms with van der Waals surface area (Å²) in [5, 5.41) is 6.12. The number of anilines is 1. The molecule has 0 spiro atoms. The van der Waals surface area contributed by atoms with Crippen molar-refractivity contribution in [1.29, 1.82) is 0 Å². The zero-order chi connectivity index (χ0) is 15.2. The summed E-state index contributed by atoms with van der Waals surface area (Å²) in [4.78, 5) is 18.4. The molecular formula is C15H26N4O. The van der Waals surface area contributed by atoms with Crippen molar-refractivity contribution in [2.45, 2.75) is 32.7 Å². The molecule has 1 rings (SSSR count). The topological polar surface area (TPSA) is 57.3 Å². The van der Waals surface area contributed by atoms with Crippen molar-refractivity contribution in [3.63, 3.8) is 0 Å². The van der Waals surface area contributed by atoms with E-state index in [2.05, 4.69) is 41.3 Å². The van der Waals surface area contributed by atoms with Crippen LogP contribution in [-0.4, -0.2) is 48.5 Å². The molecule has 0 saturated heterocycles. The van der Waals surface area contributed by atoms with Gasteiger partial charge in [0.1, 0.15) is 5.82 Å². The normalized spacial score (nSPS) is 11.5. The van der Waals surface area contributed by atoms with E-state index in [1.807, 2.05) is 20.2 Å². The second-order valence-electron chi connectivity index (χ2n) is 5.75. The Bertz CT molecular complexity index is 426. The first-order valence-electron chi connectivity index (χ1n) is 7.02. The number of carbonyl (C=O) groups is 1. The lowest BCUT2D eigenvalue weighted by atomic mass is 10.0. The summed E-state index contributed by atoms with van der Waals surface area (Å²) in [5.74, 6) is 0.714. The van der Waals surface area contributed by atoms with Gasteiger partial charge in [0.2, 0.25) is 0 Å². The third-order valence-corrected chi connectivity index (χ3v) is 3.47. The largest absolute Gasteiger partial charge is 0.370 e. The molecule has 0 aliphatic rings. The number of aromatic nitrogens is 1. The third-order valence-electron chi connectivity index (χ3n) is 3.47. The number of hydrogen-bond acceptors (Lipinski definition) is 4. The van der Waals surface area contributed by atoms with Crippen LogP contribution in [0.25, 0.3) is 0 Å². The third kappa shape index (κ3) is 4.81. The Morgan fingerprint density at radius 2 is 2.05 bits per heavy atom. The van der Waals surface area contributed by atoms with Crippen molar-refractivity contribution in [1.82, 2.24) is 15.2 Å². The maximum Gasteiger partial charge on any atom is 0.252 e. The second kappa shape index (κ2) is 7.24. The molecule has 20 heavy (non-hydrogen) atoms. The van der Waals surface area contributed by atoms with Crippen LogP contribution in [0.3, 0.4) is 0 Å². The van der Waals surface area contributed by atoms with Gasteiger partial charge in [-0.05, 0) is 46.5 Å². The number of rotatable bonds is 7. The maximum absolute atomic E-state index is 12.0. The van der Waals surface area contributed by atoms with Gasteiger partial charge in [-0.1, -0.05) is 6.92 Å². The highest BCUT2D eigenvalue weighted by atomic mass is 16.1. The molecule has 0 saturated carbocycles. The molecule has 112 valence electrons. The summed E-state index contributed by atoms with van der Waals surface area (Å²) >= 11 is 0. The number of nitrogens with one attached hydrogen (secondary N) is 2. The van der Waals surface area contributed by atoms with Gasteiger partial charge in [0.15, 0.2) is 0 Å². The molecule has 0 aromatic carbocycles. The Labute approximate surface area is 121 Å². The zero-order valence-electron chi connectivity index (χ0n) is 13.2. The highest BCUT2D eigenvalue weighted by Gasteiger charge is 2.21. The Kier molecular flexibility index (Phi) is 5.95. The minimum absolute atomic E-state index is 0.0777. The Morgan fingerprint density at radius 1 is 1.35 bits per heavy atom. The molecule has 1 heterocycles. The molecule has 0 radical (unpaired) electrons. The molecule has 2 N–H and O–H groups in total. The van der Waals surface area contributed by atoms with Crippen molar-refractivity contribution >= 4 is 11.7 Å². The van der Waals surface area contributed by atoms with Crippen LogP contribution in [-0.2, 0) is 0 Å². The molecule has 1 aromatic heterocycles. The lowest BCUT2D eigenvalue weighted by Gasteiger charge is -2.32. The van der Waals surface area contributed by atoms with Crippen LogP contribution in [0, 0.1) is 0 Å². The van der Waals surface area contributed by atoms with Crippen molar-refractivity contribution in [2.75, 3.05) is 32.5 Å². The first-order chi connectivity index (χ1) is 9.36. The summed E-state index contributed by atoms with van der Waals surface area (Å²) in [6.07, 6.45) is 2.65. The Balaban J connectivity index is 2.56. The van der Waals surface area contributed by atoms with E-state index in [4.69, 9.17) is 0 Å². The summed E-state index contributed by atoms with van der Waals surface area (Å²) in [6, 6.07) is 3.63. The van der Waals surface area contributed by atoms with Crippen molar-refractivity contribution < 1.29 is 4.79 Å². The molecule has 0 fully saturated rings. The molecule has 0 aliphatic heterocycles. The predicted molar refractivity (Wildman–Crippen MR) is 83.1 cm³/mol.